The molecule has 5 rings (SSSR count). The van der Waals surface area contributed by atoms with Crippen LogP contribution in [0.3, 0.4) is 0 Å². The van der Waals surface area contributed by atoms with Crippen LogP contribution in [-0.4, -0.2) is 45.2 Å². The van der Waals surface area contributed by atoms with Gasteiger partial charge in [-0.2, -0.15) is 0 Å². The highest BCUT2D eigenvalue weighted by Crippen LogP contribution is 2.44. The quantitative estimate of drug-likeness (QED) is 0.506. The molecule has 1 aromatic heterocycles. The standard InChI is InChI=1S/C28H39N3O3/c1-3-20(16-19-10-6-5-7-11-19)30-21-14-15-22(30)18-23(17-21)31-25-13-9-8-12-24(25)29-26(27(31)32)28(33)34-4-2/h8-9,12-13,19-23H,3-7,10-11,14-18H2,1-2H3/t20-,21-,22+,23?/m0/s1. The summed E-state index contributed by atoms with van der Waals surface area (Å²) in [5.41, 5.74) is 1.12. The number of fused-ring (bicyclic) bond motifs is 3. The first kappa shape index (κ1) is 23.5. The van der Waals surface area contributed by atoms with Crippen LogP contribution < -0.4 is 5.56 Å². The van der Waals surface area contributed by atoms with Crippen molar-refractivity contribution in [2.24, 2.45) is 5.92 Å². The summed E-state index contributed by atoms with van der Waals surface area (Å²) in [6.45, 7) is 4.34. The summed E-state index contributed by atoms with van der Waals surface area (Å²) < 4.78 is 7.04. The fourth-order valence-electron chi connectivity index (χ4n) is 7.15. The molecule has 1 unspecified atom stereocenters. The number of esters is 1. The molecule has 0 radical (unpaired) electrons. The van der Waals surface area contributed by atoms with Crippen molar-refractivity contribution in [3.63, 3.8) is 0 Å². The number of ether oxygens (including phenoxy) is 1. The molecule has 2 bridgehead atoms. The minimum atomic E-state index is -0.620. The van der Waals surface area contributed by atoms with E-state index in [9.17, 15) is 9.59 Å². The van der Waals surface area contributed by atoms with Crippen molar-refractivity contribution in [1.82, 2.24) is 14.5 Å². The van der Waals surface area contributed by atoms with Gasteiger partial charge in [0.2, 0.25) is 5.69 Å². The molecule has 1 saturated carbocycles. The molecule has 0 N–H and O–H groups in total. The van der Waals surface area contributed by atoms with Gasteiger partial charge in [0.15, 0.2) is 0 Å². The molecular formula is C28H39N3O3. The number of carbonyl (C=O) groups is 1. The molecule has 0 spiro atoms. The third-order valence-electron chi connectivity index (χ3n) is 8.62. The zero-order valence-electron chi connectivity index (χ0n) is 20.7. The molecule has 184 valence electrons. The Labute approximate surface area is 202 Å². The SMILES string of the molecule is CCOC(=O)c1nc2ccccc2n(C2C[C@H]3CC[C@@H](C2)N3[C@@H](CC)CC2CCCCC2)c1=O. The number of nitrogens with zero attached hydrogens (tertiary/aromatic N) is 3. The van der Waals surface area contributed by atoms with Crippen LogP contribution in [0.4, 0.5) is 0 Å². The fraction of sp³-hybridized carbons (Fsp3) is 0.679. The molecule has 4 atom stereocenters. The lowest BCUT2D eigenvalue weighted by atomic mass is 9.82. The Hall–Kier alpha value is -2.21. The highest BCUT2D eigenvalue weighted by molar-refractivity contribution is 5.89. The first-order chi connectivity index (χ1) is 16.6. The van der Waals surface area contributed by atoms with E-state index in [2.05, 4.69) is 16.8 Å². The van der Waals surface area contributed by atoms with Gasteiger partial charge < -0.3 is 9.30 Å². The Kier molecular flexibility index (Phi) is 7.05. The monoisotopic (exact) mass is 465 g/mol. The van der Waals surface area contributed by atoms with Crippen molar-refractivity contribution >= 4 is 17.0 Å². The van der Waals surface area contributed by atoms with Gasteiger partial charge in [-0.3, -0.25) is 9.69 Å². The Balaban J connectivity index is 1.43. The first-order valence-corrected chi connectivity index (χ1v) is 13.6. The molecule has 1 aromatic carbocycles. The maximum Gasteiger partial charge on any atom is 0.362 e. The van der Waals surface area contributed by atoms with E-state index >= 15 is 0 Å². The van der Waals surface area contributed by atoms with E-state index in [1.54, 1.807) is 6.92 Å². The van der Waals surface area contributed by atoms with Crippen LogP contribution >= 0.6 is 0 Å². The number of para-hydroxylation sites is 2. The van der Waals surface area contributed by atoms with Gasteiger partial charge >= 0.3 is 5.97 Å². The van der Waals surface area contributed by atoms with Crippen molar-refractivity contribution in [1.29, 1.82) is 0 Å². The van der Waals surface area contributed by atoms with Gasteiger partial charge in [-0.15, -0.1) is 0 Å². The van der Waals surface area contributed by atoms with Crippen molar-refractivity contribution in [3.8, 4) is 0 Å². The van der Waals surface area contributed by atoms with Gasteiger partial charge in [0.05, 0.1) is 17.6 Å². The van der Waals surface area contributed by atoms with Crippen LogP contribution in [-0.2, 0) is 4.74 Å². The van der Waals surface area contributed by atoms with E-state index in [0.29, 0.717) is 23.6 Å². The molecule has 0 amide bonds. The predicted molar refractivity (Wildman–Crippen MR) is 134 cm³/mol. The number of carbonyl (C=O) groups excluding carboxylic acids is 1. The number of hydrogen-bond acceptors (Lipinski definition) is 5. The van der Waals surface area contributed by atoms with Crippen LogP contribution in [0.15, 0.2) is 29.1 Å². The van der Waals surface area contributed by atoms with Gasteiger partial charge in [0, 0.05) is 24.2 Å². The Morgan fingerprint density at radius 1 is 1.03 bits per heavy atom. The van der Waals surface area contributed by atoms with Gasteiger partial charge in [0.25, 0.3) is 5.56 Å². The molecule has 34 heavy (non-hydrogen) atoms. The minimum Gasteiger partial charge on any atom is -0.461 e. The summed E-state index contributed by atoms with van der Waals surface area (Å²) in [5.74, 6) is 0.265. The zero-order valence-corrected chi connectivity index (χ0v) is 20.7. The van der Waals surface area contributed by atoms with Gasteiger partial charge in [0.1, 0.15) is 0 Å². The second-order valence-corrected chi connectivity index (χ2v) is 10.6. The molecule has 3 heterocycles. The minimum absolute atomic E-state index is 0.0842. The smallest absolute Gasteiger partial charge is 0.362 e. The number of piperidine rings is 1. The maximum atomic E-state index is 13.6. The van der Waals surface area contributed by atoms with Gasteiger partial charge in [-0.1, -0.05) is 51.2 Å². The molecule has 6 nitrogen and oxygen atoms in total. The van der Waals surface area contributed by atoms with Crippen molar-refractivity contribution in [2.75, 3.05) is 6.61 Å². The second kappa shape index (κ2) is 10.2. The third-order valence-corrected chi connectivity index (χ3v) is 8.62. The summed E-state index contributed by atoms with van der Waals surface area (Å²) in [6.07, 6.45) is 13.9. The normalized spacial score (nSPS) is 26.6. The Morgan fingerprint density at radius 2 is 1.74 bits per heavy atom. The molecule has 2 aliphatic heterocycles. The lowest BCUT2D eigenvalue weighted by molar-refractivity contribution is 0.0447. The molecule has 1 aliphatic carbocycles. The summed E-state index contributed by atoms with van der Waals surface area (Å²) in [4.78, 5) is 33.3. The van der Waals surface area contributed by atoms with Crippen molar-refractivity contribution < 1.29 is 9.53 Å². The van der Waals surface area contributed by atoms with E-state index in [-0.39, 0.29) is 23.9 Å². The van der Waals surface area contributed by atoms with E-state index < -0.39 is 5.97 Å². The number of aromatic nitrogens is 2. The van der Waals surface area contributed by atoms with E-state index in [4.69, 9.17) is 4.74 Å². The molecule has 3 aliphatic rings. The first-order valence-electron chi connectivity index (χ1n) is 13.6. The number of benzene rings is 1. The Morgan fingerprint density at radius 3 is 2.41 bits per heavy atom. The lowest BCUT2D eigenvalue weighted by Crippen LogP contribution is -2.50. The highest BCUT2D eigenvalue weighted by atomic mass is 16.5. The Bertz CT molecular complexity index is 1060. The summed E-state index contributed by atoms with van der Waals surface area (Å²) in [5, 5.41) is 0. The van der Waals surface area contributed by atoms with Crippen LogP contribution in [0.2, 0.25) is 0 Å². The van der Waals surface area contributed by atoms with Crippen LogP contribution in [0.25, 0.3) is 11.0 Å². The van der Waals surface area contributed by atoms with Crippen molar-refractivity contribution in [3.05, 3.63) is 40.3 Å². The molecule has 2 aromatic rings. The summed E-state index contributed by atoms with van der Waals surface area (Å²) in [7, 11) is 0. The van der Waals surface area contributed by atoms with Crippen molar-refractivity contribution in [2.45, 2.75) is 109 Å². The highest BCUT2D eigenvalue weighted by Gasteiger charge is 2.45. The third kappa shape index (κ3) is 4.41. The second-order valence-electron chi connectivity index (χ2n) is 10.6. The molecular weight excluding hydrogens is 426 g/mol. The fourth-order valence-corrected chi connectivity index (χ4v) is 7.15. The van der Waals surface area contributed by atoms with Gasteiger partial charge in [-0.05, 0) is 63.5 Å². The molecule has 3 fully saturated rings. The molecule has 2 saturated heterocycles. The predicted octanol–water partition coefficient (Wildman–Crippen LogP) is 5.49. The van der Waals surface area contributed by atoms with E-state index in [0.717, 1.165) is 24.3 Å². The summed E-state index contributed by atoms with van der Waals surface area (Å²) in [6, 6.07) is 9.48. The largest absolute Gasteiger partial charge is 0.461 e. The van der Waals surface area contributed by atoms with Crippen LogP contribution in [0.5, 0.6) is 0 Å². The maximum absolute atomic E-state index is 13.6. The van der Waals surface area contributed by atoms with E-state index in [1.165, 1.54) is 57.8 Å². The van der Waals surface area contributed by atoms with E-state index in [1.807, 2.05) is 28.8 Å². The van der Waals surface area contributed by atoms with Gasteiger partial charge in [-0.25, -0.2) is 9.78 Å². The average molecular weight is 466 g/mol. The zero-order chi connectivity index (χ0) is 23.7. The lowest BCUT2D eigenvalue weighted by Gasteiger charge is -2.45. The van der Waals surface area contributed by atoms with Crippen LogP contribution in [0, 0.1) is 5.92 Å². The average Bonchev–Trinajstić information content (AvgIpc) is 3.11. The topological polar surface area (TPSA) is 64.4 Å². The number of hydrogen-bond donors (Lipinski definition) is 0. The number of rotatable bonds is 7. The summed E-state index contributed by atoms with van der Waals surface area (Å²) >= 11 is 0. The van der Waals surface area contributed by atoms with Crippen LogP contribution in [0.1, 0.15) is 101 Å². The molecule has 6 heteroatoms.